The molecule has 0 radical (unpaired) electrons. The second-order valence-corrected chi connectivity index (χ2v) is 4.40. The van der Waals surface area contributed by atoms with Gasteiger partial charge in [-0.25, -0.2) is 0 Å². The number of hydrogen-bond donors (Lipinski definition) is 1. The number of halogens is 1. The molecule has 0 aliphatic heterocycles. The van der Waals surface area contributed by atoms with Crippen LogP contribution in [0, 0.1) is 6.92 Å². The fourth-order valence-electron chi connectivity index (χ4n) is 1.34. The fraction of sp³-hybridized carbons (Fsp3) is 0.462. The molecule has 0 saturated carbocycles. The standard InChI is InChI=1S/C13H18ClNO2/c1-4-7-15-13(16)10(3)17-12-8-11(14)6-5-9(12)2/h5-6,8,10H,4,7H2,1-3H3,(H,15,16). The Labute approximate surface area is 107 Å². The molecule has 3 nitrogen and oxygen atoms in total. The molecule has 0 spiro atoms. The minimum atomic E-state index is -0.515. The van der Waals surface area contributed by atoms with Gasteiger partial charge in [0.05, 0.1) is 0 Å². The number of aryl methyl sites for hydroxylation is 1. The van der Waals surface area contributed by atoms with Crippen molar-refractivity contribution < 1.29 is 9.53 Å². The van der Waals surface area contributed by atoms with Crippen molar-refractivity contribution in [3.8, 4) is 5.75 Å². The highest BCUT2D eigenvalue weighted by molar-refractivity contribution is 6.30. The van der Waals surface area contributed by atoms with Crippen molar-refractivity contribution in [2.24, 2.45) is 0 Å². The summed E-state index contributed by atoms with van der Waals surface area (Å²) >= 11 is 5.88. The zero-order valence-corrected chi connectivity index (χ0v) is 11.2. The second kappa shape index (κ2) is 6.50. The van der Waals surface area contributed by atoms with Crippen molar-refractivity contribution in [1.29, 1.82) is 0 Å². The van der Waals surface area contributed by atoms with Crippen molar-refractivity contribution in [3.05, 3.63) is 28.8 Å². The largest absolute Gasteiger partial charge is 0.481 e. The van der Waals surface area contributed by atoms with E-state index in [-0.39, 0.29) is 5.91 Å². The third-order valence-electron chi connectivity index (χ3n) is 2.37. The summed E-state index contributed by atoms with van der Waals surface area (Å²) < 4.78 is 5.59. The van der Waals surface area contributed by atoms with Crippen molar-refractivity contribution in [3.63, 3.8) is 0 Å². The normalized spacial score (nSPS) is 12.0. The van der Waals surface area contributed by atoms with E-state index in [0.29, 0.717) is 17.3 Å². The van der Waals surface area contributed by atoms with Gasteiger partial charge in [0, 0.05) is 11.6 Å². The van der Waals surface area contributed by atoms with Gasteiger partial charge in [-0.3, -0.25) is 4.79 Å². The summed E-state index contributed by atoms with van der Waals surface area (Å²) in [7, 11) is 0. The van der Waals surface area contributed by atoms with E-state index in [2.05, 4.69) is 5.32 Å². The summed E-state index contributed by atoms with van der Waals surface area (Å²) in [5, 5.41) is 3.39. The molecular weight excluding hydrogens is 238 g/mol. The lowest BCUT2D eigenvalue weighted by Gasteiger charge is -2.16. The highest BCUT2D eigenvalue weighted by Crippen LogP contribution is 2.23. The second-order valence-electron chi connectivity index (χ2n) is 3.96. The molecule has 0 bridgehead atoms. The summed E-state index contributed by atoms with van der Waals surface area (Å²) in [6.07, 6.45) is 0.396. The number of carbonyl (C=O) groups excluding carboxylic acids is 1. The number of carbonyl (C=O) groups is 1. The quantitative estimate of drug-likeness (QED) is 0.879. The van der Waals surface area contributed by atoms with Gasteiger partial charge in [-0.2, -0.15) is 0 Å². The van der Waals surface area contributed by atoms with Gasteiger partial charge in [-0.05, 0) is 38.0 Å². The van der Waals surface area contributed by atoms with Crippen LogP contribution in [0.3, 0.4) is 0 Å². The van der Waals surface area contributed by atoms with Crippen LogP contribution in [0.2, 0.25) is 5.02 Å². The highest BCUT2D eigenvalue weighted by atomic mass is 35.5. The average Bonchev–Trinajstić information content (AvgIpc) is 2.30. The zero-order chi connectivity index (χ0) is 12.8. The number of rotatable bonds is 5. The van der Waals surface area contributed by atoms with E-state index in [1.54, 1.807) is 19.1 Å². The van der Waals surface area contributed by atoms with Crippen LogP contribution in [0.15, 0.2) is 18.2 Å². The third kappa shape index (κ3) is 4.27. The molecule has 1 amide bonds. The molecule has 1 aromatic carbocycles. The first-order valence-electron chi connectivity index (χ1n) is 5.75. The zero-order valence-electron chi connectivity index (χ0n) is 10.4. The summed E-state index contributed by atoms with van der Waals surface area (Å²) in [5.41, 5.74) is 0.963. The highest BCUT2D eigenvalue weighted by Gasteiger charge is 2.14. The van der Waals surface area contributed by atoms with E-state index in [9.17, 15) is 4.79 Å². The number of ether oxygens (including phenoxy) is 1. The van der Waals surface area contributed by atoms with Crippen molar-refractivity contribution in [1.82, 2.24) is 5.32 Å². The molecule has 1 rings (SSSR count). The number of hydrogen-bond acceptors (Lipinski definition) is 2. The van der Waals surface area contributed by atoms with Gasteiger partial charge in [-0.1, -0.05) is 24.6 Å². The van der Waals surface area contributed by atoms with E-state index in [0.717, 1.165) is 12.0 Å². The fourth-order valence-corrected chi connectivity index (χ4v) is 1.50. The van der Waals surface area contributed by atoms with Gasteiger partial charge < -0.3 is 10.1 Å². The van der Waals surface area contributed by atoms with Gasteiger partial charge in [-0.15, -0.1) is 0 Å². The van der Waals surface area contributed by atoms with E-state index in [4.69, 9.17) is 16.3 Å². The van der Waals surface area contributed by atoms with Crippen LogP contribution in [0.1, 0.15) is 25.8 Å². The topological polar surface area (TPSA) is 38.3 Å². The molecule has 4 heteroatoms. The summed E-state index contributed by atoms with van der Waals surface area (Å²) in [6.45, 7) is 6.32. The van der Waals surface area contributed by atoms with E-state index < -0.39 is 6.10 Å². The molecule has 94 valence electrons. The maximum atomic E-state index is 11.6. The average molecular weight is 256 g/mol. The molecule has 0 aliphatic carbocycles. The lowest BCUT2D eigenvalue weighted by atomic mass is 10.2. The first-order chi connectivity index (χ1) is 8.04. The van der Waals surface area contributed by atoms with Crippen LogP contribution in [0.4, 0.5) is 0 Å². The number of amides is 1. The molecule has 1 N–H and O–H groups in total. The predicted molar refractivity (Wildman–Crippen MR) is 69.6 cm³/mol. The SMILES string of the molecule is CCCNC(=O)C(C)Oc1cc(Cl)ccc1C. The first-order valence-corrected chi connectivity index (χ1v) is 6.13. The maximum Gasteiger partial charge on any atom is 0.260 e. The van der Waals surface area contributed by atoms with E-state index in [1.807, 2.05) is 19.9 Å². The Morgan fingerprint density at radius 3 is 2.88 bits per heavy atom. The van der Waals surface area contributed by atoms with Gasteiger partial charge in [0.1, 0.15) is 5.75 Å². The smallest absolute Gasteiger partial charge is 0.260 e. The number of benzene rings is 1. The van der Waals surface area contributed by atoms with Crippen LogP contribution in [-0.2, 0) is 4.79 Å². The summed E-state index contributed by atoms with van der Waals surface area (Å²) in [5.74, 6) is 0.544. The molecule has 0 saturated heterocycles. The lowest BCUT2D eigenvalue weighted by molar-refractivity contribution is -0.127. The third-order valence-corrected chi connectivity index (χ3v) is 2.61. The van der Waals surface area contributed by atoms with Crippen molar-refractivity contribution in [2.45, 2.75) is 33.3 Å². The molecular formula is C13H18ClNO2. The van der Waals surface area contributed by atoms with Gasteiger partial charge in [0.25, 0.3) is 5.91 Å². The van der Waals surface area contributed by atoms with Gasteiger partial charge in [0.2, 0.25) is 0 Å². The molecule has 17 heavy (non-hydrogen) atoms. The minimum absolute atomic E-state index is 0.105. The molecule has 0 heterocycles. The monoisotopic (exact) mass is 255 g/mol. The summed E-state index contributed by atoms with van der Waals surface area (Å²) in [6, 6.07) is 5.39. The Morgan fingerprint density at radius 1 is 1.53 bits per heavy atom. The van der Waals surface area contributed by atoms with Crippen LogP contribution >= 0.6 is 11.6 Å². The molecule has 0 aliphatic rings. The van der Waals surface area contributed by atoms with E-state index >= 15 is 0 Å². The molecule has 1 atom stereocenters. The Balaban J connectivity index is 2.64. The van der Waals surface area contributed by atoms with Gasteiger partial charge >= 0.3 is 0 Å². The summed E-state index contributed by atoms with van der Waals surface area (Å²) in [4.78, 5) is 11.6. The molecule has 1 unspecified atom stereocenters. The van der Waals surface area contributed by atoms with Gasteiger partial charge in [0.15, 0.2) is 6.10 Å². The predicted octanol–water partition coefficient (Wildman–Crippen LogP) is 2.94. The minimum Gasteiger partial charge on any atom is -0.481 e. The van der Waals surface area contributed by atoms with Crippen LogP contribution in [-0.4, -0.2) is 18.6 Å². The van der Waals surface area contributed by atoms with Crippen molar-refractivity contribution >= 4 is 17.5 Å². The van der Waals surface area contributed by atoms with Crippen molar-refractivity contribution in [2.75, 3.05) is 6.54 Å². The Morgan fingerprint density at radius 2 is 2.24 bits per heavy atom. The molecule has 0 fully saturated rings. The van der Waals surface area contributed by atoms with Crippen LogP contribution < -0.4 is 10.1 Å². The molecule has 1 aromatic rings. The van der Waals surface area contributed by atoms with Crippen LogP contribution in [0.5, 0.6) is 5.75 Å². The van der Waals surface area contributed by atoms with Crippen LogP contribution in [0.25, 0.3) is 0 Å². The molecule has 0 aromatic heterocycles. The van der Waals surface area contributed by atoms with E-state index in [1.165, 1.54) is 0 Å². The first kappa shape index (κ1) is 13.8. The Bertz CT molecular complexity index is 393. The Kier molecular flexibility index (Phi) is 5.29. The number of nitrogens with one attached hydrogen (secondary N) is 1. The Hall–Kier alpha value is -1.22. The lowest BCUT2D eigenvalue weighted by Crippen LogP contribution is -2.36. The maximum absolute atomic E-state index is 11.6.